The number of rotatable bonds is 6. The Labute approximate surface area is 145 Å². The molecule has 2 aromatic rings. The van der Waals surface area contributed by atoms with Crippen molar-refractivity contribution < 1.29 is 9.59 Å². The molecule has 1 aliphatic rings. The third kappa shape index (κ3) is 4.20. The summed E-state index contributed by atoms with van der Waals surface area (Å²) in [5, 5.41) is 5.76. The molecule has 0 saturated carbocycles. The molecule has 1 atom stereocenters. The molecule has 0 unspecified atom stereocenters. The van der Waals surface area contributed by atoms with Gasteiger partial charge in [0.1, 0.15) is 5.01 Å². The van der Waals surface area contributed by atoms with Crippen LogP contribution in [0.3, 0.4) is 0 Å². The molecule has 0 spiro atoms. The van der Waals surface area contributed by atoms with Crippen molar-refractivity contribution in [3.8, 4) is 0 Å². The highest BCUT2D eigenvalue weighted by molar-refractivity contribution is 7.09. The zero-order valence-electron chi connectivity index (χ0n) is 13.7. The fourth-order valence-corrected chi connectivity index (χ4v) is 3.58. The van der Waals surface area contributed by atoms with Crippen molar-refractivity contribution in [2.75, 3.05) is 13.1 Å². The molecule has 0 radical (unpaired) electrons. The molecule has 1 aromatic carbocycles. The van der Waals surface area contributed by atoms with Crippen molar-refractivity contribution in [3.63, 3.8) is 0 Å². The number of aromatic nitrogens is 1. The number of aryl methyl sites for hydroxylation is 1. The Morgan fingerprint density at radius 3 is 2.88 bits per heavy atom. The van der Waals surface area contributed by atoms with Crippen LogP contribution in [-0.2, 0) is 22.6 Å². The van der Waals surface area contributed by atoms with Crippen molar-refractivity contribution in [1.82, 2.24) is 15.2 Å². The first kappa shape index (κ1) is 16.6. The molecule has 126 valence electrons. The van der Waals surface area contributed by atoms with Crippen molar-refractivity contribution in [2.24, 2.45) is 5.92 Å². The third-order valence-corrected chi connectivity index (χ3v) is 5.15. The van der Waals surface area contributed by atoms with Gasteiger partial charge in [0.15, 0.2) is 0 Å². The molecule has 2 amide bonds. The van der Waals surface area contributed by atoms with Gasteiger partial charge in [-0.15, -0.1) is 11.3 Å². The summed E-state index contributed by atoms with van der Waals surface area (Å²) in [5.41, 5.74) is 2.17. The van der Waals surface area contributed by atoms with Crippen LogP contribution in [0.4, 0.5) is 0 Å². The largest absolute Gasteiger partial charge is 0.349 e. The second-order valence-electron chi connectivity index (χ2n) is 6.08. The number of nitrogens with zero attached hydrogens (tertiary/aromatic N) is 2. The average Bonchev–Trinajstić information content (AvgIpc) is 3.17. The number of hydrogen-bond donors (Lipinski definition) is 1. The Kier molecular flexibility index (Phi) is 5.25. The molecule has 1 saturated heterocycles. The minimum atomic E-state index is -0.255. The Morgan fingerprint density at radius 2 is 2.17 bits per heavy atom. The summed E-state index contributed by atoms with van der Waals surface area (Å²) in [4.78, 5) is 30.5. The summed E-state index contributed by atoms with van der Waals surface area (Å²) in [6.45, 7) is 3.54. The van der Waals surface area contributed by atoms with Crippen molar-refractivity contribution in [3.05, 3.63) is 52.0 Å². The smallest absolute Gasteiger partial charge is 0.225 e. The molecular formula is C18H21N3O2S. The van der Waals surface area contributed by atoms with E-state index in [-0.39, 0.29) is 17.7 Å². The second kappa shape index (κ2) is 7.57. The highest BCUT2D eigenvalue weighted by Crippen LogP contribution is 2.19. The number of benzene rings is 1. The van der Waals surface area contributed by atoms with Crippen LogP contribution < -0.4 is 5.32 Å². The molecule has 24 heavy (non-hydrogen) atoms. The lowest BCUT2D eigenvalue weighted by molar-refractivity contribution is -0.129. The molecule has 0 aliphatic carbocycles. The fourth-order valence-electron chi connectivity index (χ4n) is 2.86. The molecule has 2 heterocycles. The predicted molar refractivity (Wildman–Crippen MR) is 93.5 cm³/mol. The van der Waals surface area contributed by atoms with E-state index in [0.29, 0.717) is 26.1 Å². The van der Waals surface area contributed by atoms with Crippen LogP contribution in [0, 0.1) is 12.8 Å². The van der Waals surface area contributed by atoms with E-state index in [1.54, 1.807) is 4.90 Å². The summed E-state index contributed by atoms with van der Waals surface area (Å²) in [7, 11) is 0. The number of nitrogens with one attached hydrogen (secondary N) is 1. The van der Waals surface area contributed by atoms with E-state index in [2.05, 4.69) is 22.4 Å². The average molecular weight is 343 g/mol. The van der Waals surface area contributed by atoms with Crippen molar-refractivity contribution in [2.45, 2.75) is 26.3 Å². The first-order valence-corrected chi connectivity index (χ1v) is 9.00. The first-order valence-electron chi connectivity index (χ1n) is 8.12. The van der Waals surface area contributed by atoms with Gasteiger partial charge in [-0.05, 0) is 18.9 Å². The molecule has 3 rings (SSSR count). The summed E-state index contributed by atoms with van der Waals surface area (Å²) in [6, 6.07) is 10.1. The van der Waals surface area contributed by atoms with E-state index in [9.17, 15) is 9.59 Å². The Hall–Kier alpha value is -2.21. The maximum Gasteiger partial charge on any atom is 0.225 e. The van der Waals surface area contributed by atoms with Crippen LogP contribution in [0.5, 0.6) is 0 Å². The normalized spacial score (nSPS) is 17.3. The van der Waals surface area contributed by atoms with Gasteiger partial charge in [0, 0.05) is 30.6 Å². The quantitative estimate of drug-likeness (QED) is 0.874. The fraction of sp³-hybridized carbons (Fsp3) is 0.389. The lowest BCUT2D eigenvalue weighted by Gasteiger charge is -2.16. The number of hydrogen-bond acceptors (Lipinski definition) is 4. The predicted octanol–water partition coefficient (Wildman–Crippen LogP) is 2.16. The maximum absolute atomic E-state index is 12.3. The Morgan fingerprint density at radius 1 is 1.38 bits per heavy atom. The van der Waals surface area contributed by atoms with Gasteiger partial charge < -0.3 is 10.2 Å². The van der Waals surface area contributed by atoms with Gasteiger partial charge in [0.25, 0.3) is 0 Å². The van der Waals surface area contributed by atoms with Crippen molar-refractivity contribution in [1.29, 1.82) is 0 Å². The molecule has 6 heteroatoms. The van der Waals surface area contributed by atoms with Crippen molar-refractivity contribution >= 4 is 23.2 Å². The van der Waals surface area contributed by atoms with E-state index in [1.807, 2.05) is 30.5 Å². The number of amides is 2. The molecular weight excluding hydrogens is 322 g/mol. The van der Waals surface area contributed by atoms with E-state index < -0.39 is 0 Å². The standard InChI is InChI=1S/C18H21N3O2S/c1-13-12-24-16(20-13)10-19-18(23)15-9-17(22)21(11-15)8-7-14-5-3-2-4-6-14/h2-6,12,15H,7-11H2,1H3,(H,19,23)/t15-/m0/s1. The number of thiazole rings is 1. The van der Waals surface area contributed by atoms with Gasteiger partial charge >= 0.3 is 0 Å². The highest BCUT2D eigenvalue weighted by atomic mass is 32.1. The van der Waals surface area contributed by atoms with E-state index in [1.165, 1.54) is 16.9 Å². The monoisotopic (exact) mass is 343 g/mol. The van der Waals surface area contributed by atoms with Gasteiger partial charge in [-0.25, -0.2) is 4.98 Å². The van der Waals surface area contributed by atoms with Crippen LogP contribution in [0.2, 0.25) is 0 Å². The van der Waals surface area contributed by atoms with Gasteiger partial charge in [0.05, 0.1) is 12.5 Å². The molecule has 5 nitrogen and oxygen atoms in total. The molecule has 0 bridgehead atoms. The van der Waals surface area contributed by atoms with Gasteiger partial charge in [-0.3, -0.25) is 9.59 Å². The van der Waals surface area contributed by atoms with Crippen LogP contribution in [-0.4, -0.2) is 34.8 Å². The zero-order chi connectivity index (χ0) is 16.9. The maximum atomic E-state index is 12.3. The number of carbonyl (C=O) groups is 2. The van der Waals surface area contributed by atoms with Crippen LogP contribution in [0.25, 0.3) is 0 Å². The third-order valence-electron chi connectivity index (χ3n) is 4.18. The molecule has 1 aliphatic heterocycles. The summed E-state index contributed by atoms with van der Waals surface area (Å²) in [6.07, 6.45) is 1.12. The van der Waals surface area contributed by atoms with Crippen LogP contribution >= 0.6 is 11.3 Å². The van der Waals surface area contributed by atoms with E-state index in [4.69, 9.17) is 0 Å². The lowest BCUT2D eigenvalue weighted by Crippen LogP contribution is -2.33. The van der Waals surface area contributed by atoms with Crippen LogP contribution in [0.15, 0.2) is 35.7 Å². The van der Waals surface area contributed by atoms with E-state index in [0.717, 1.165) is 17.1 Å². The Bertz CT molecular complexity index is 714. The first-order chi connectivity index (χ1) is 11.6. The molecule has 1 fully saturated rings. The second-order valence-corrected chi connectivity index (χ2v) is 7.02. The topological polar surface area (TPSA) is 62.3 Å². The highest BCUT2D eigenvalue weighted by Gasteiger charge is 2.33. The Balaban J connectivity index is 1.47. The zero-order valence-corrected chi connectivity index (χ0v) is 14.5. The van der Waals surface area contributed by atoms with Gasteiger partial charge in [-0.2, -0.15) is 0 Å². The summed E-state index contributed by atoms with van der Waals surface area (Å²) < 4.78 is 0. The summed E-state index contributed by atoms with van der Waals surface area (Å²) >= 11 is 1.54. The number of likely N-dealkylation sites (tertiary alicyclic amines) is 1. The number of carbonyl (C=O) groups excluding carboxylic acids is 2. The molecule has 1 N–H and O–H groups in total. The van der Waals surface area contributed by atoms with E-state index >= 15 is 0 Å². The van der Waals surface area contributed by atoms with Crippen LogP contribution in [0.1, 0.15) is 22.7 Å². The minimum absolute atomic E-state index is 0.0570. The summed E-state index contributed by atoms with van der Waals surface area (Å²) in [5.74, 6) is -0.246. The SMILES string of the molecule is Cc1csc(CNC(=O)[C@H]2CC(=O)N(CCc3ccccc3)C2)n1. The lowest BCUT2D eigenvalue weighted by atomic mass is 10.1. The van der Waals surface area contributed by atoms with Gasteiger partial charge in [0.2, 0.25) is 11.8 Å². The van der Waals surface area contributed by atoms with Gasteiger partial charge in [-0.1, -0.05) is 30.3 Å². The minimum Gasteiger partial charge on any atom is -0.349 e. The molecule has 1 aromatic heterocycles.